The Balaban J connectivity index is 1.41. The summed E-state index contributed by atoms with van der Waals surface area (Å²) in [5, 5.41) is 13.7. The maximum Gasteiger partial charge on any atom is 0.156 e. The third kappa shape index (κ3) is 4.46. The molecule has 0 spiro atoms. The van der Waals surface area contributed by atoms with Gasteiger partial charge in [-0.05, 0) is 65.8 Å². The SMILES string of the molecule is CCc1ccccc1C1OC=CCC1(O)c1cccc(CCc2ccc3ccc(Cl)cc3n2)c1. The van der Waals surface area contributed by atoms with Crippen LogP contribution < -0.4 is 0 Å². The molecule has 1 aliphatic rings. The molecule has 0 radical (unpaired) electrons. The van der Waals surface area contributed by atoms with Crippen molar-refractivity contribution in [1.29, 1.82) is 0 Å². The first-order chi connectivity index (χ1) is 16.6. The quantitative estimate of drug-likeness (QED) is 0.327. The molecule has 3 nitrogen and oxygen atoms in total. The van der Waals surface area contributed by atoms with Gasteiger partial charge in [-0.25, -0.2) is 0 Å². The summed E-state index contributed by atoms with van der Waals surface area (Å²) in [4.78, 5) is 4.78. The zero-order valence-electron chi connectivity index (χ0n) is 19.2. The van der Waals surface area contributed by atoms with Gasteiger partial charge >= 0.3 is 0 Å². The van der Waals surface area contributed by atoms with Gasteiger partial charge in [0, 0.05) is 22.5 Å². The van der Waals surface area contributed by atoms with E-state index in [1.807, 2.05) is 48.5 Å². The molecule has 5 rings (SSSR count). The van der Waals surface area contributed by atoms with Crippen LogP contribution in [0.25, 0.3) is 10.9 Å². The van der Waals surface area contributed by atoms with E-state index in [0.717, 1.165) is 52.5 Å². The van der Waals surface area contributed by atoms with Crippen LogP contribution >= 0.6 is 11.6 Å². The van der Waals surface area contributed by atoms with Gasteiger partial charge in [0.15, 0.2) is 6.10 Å². The Kier molecular flexibility index (Phi) is 6.40. The van der Waals surface area contributed by atoms with E-state index in [1.54, 1.807) is 6.26 Å². The second kappa shape index (κ2) is 9.61. The number of benzene rings is 3. The Labute approximate surface area is 205 Å². The van der Waals surface area contributed by atoms with Crippen LogP contribution in [0.2, 0.25) is 5.02 Å². The van der Waals surface area contributed by atoms with Crippen LogP contribution in [-0.4, -0.2) is 10.1 Å². The lowest BCUT2D eigenvalue weighted by Crippen LogP contribution is -2.36. The lowest BCUT2D eigenvalue weighted by atomic mass is 9.78. The second-order valence-corrected chi connectivity index (χ2v) is 9.35. The third-order valence-corrected chi connectivity index (χ3v) is 6.94. The molecule has 0 saturated carbocycles. The molecule has 4 aromatic rings. The molecule has 0 amide bonds. The van der Waals surface area contributed by atoms with E-state index in [2.05, 4.69) is 43.3 Å². The summed E-state index contributed by atoms with van der Waals surface area (Å²) in [5.41, 5.74) is 5.09. The summed E-state index contributed by atoms with van der Waals surface area (Å²) in [6.45, 7) is 2.13. The molecule has 1 aromatic heterocycles. The molecule has 2 unspecified atom stereocenters. The Morgan fingerprint density at radius 2 is 1.85 bits per heavy atom. The average Bonchev–Trinajstić information content (AvgIpc) is 2.87. The van der Waals surface area contributed by atoms with Gasteiger partial charge < -0.3 is 9.84 Å². The highest BCUT2D eigenvalue weighted by Crippen LogP contribution is 2.44. The van der Waals surface area contributed by atoms with E-state index in [0.29, 0.717) is 11.4 Å². The molecule has 4 heteroatoms. The first-order valence-corrected chi connectivity index (χ1v) is 12.2. The Bertz CT molecular complexity index is 1350. The van der Waals surface area contributed by atoms with Crippen LogP contribution in [-0.2, 0) is 29.6 Å². The Morgan fingerprint density at radius 1 is 1.00 bits per heavy atom. The van der Waals surface area contributed by atoms with Crippen molar-refractivity contribution < 1.29 is 9.84 Å². The van der Waals surface area contributed by atoms with E-state index in [-0.39, 0.29) is 0 Å². The number of aliphatic hydroxyl groups is 1. The molecule has 0 saturated heterocycles. The minimum absolute atomic E-state index is 0.448. The predicted molar refractivity (Wildman–Crippen MR) is 138 cm³/mol. The maximum atomic E-state index is 11.9. The fourth-order valence-electron chi connectivity index (χ4n) is 4.83. The summed E-state index contributed by atoms with van der Waals surface area (Å²) in [5.74, 6) is 0. The monoisotopic (exact) mass is 469 g/mol. The van der Waals surface area contributed by atoms with Crippen molar-refractivity contribution in [3.05, 3.63) is 124 Å². The largest absolute Gasteiger partial charge is 0.490 e. The molecule has 0 bridgehead atoms. The van der Waals surface area contributed by atoms with Crippen molar-refractivity contribution in [1.82, 2.24) is 4.98 Å². The number of fused-ring (bicyclic) bond motifs is 1. The average molecular weight is 470 g/mol. The molecule has 0 aliphatic carbocycles. The van der Waals surface area contributed by atoms with Crippen molar-refractivity contribution in [3.63, 3.8) is 0 Å². The number of pyridine rings is 1. The van der Waals surface area contributed by atoms with Crippen molar-refractivity contribution in [2.24, 2.45) is 0 Å². The van der Waals surface area contributed by atoms with Gasteiger partial charge in [-0.1, -0.05) is 79.2 Å². The van der Waals surface area contributed by atoms with Crippen LogP contribution in [0.3, 0.4) is 0 Å². The van der Waals surface area contributed by atoms with Crippen molar-refractivity contribution >= 4 is 22.5 Å². The normalized spacial score (nSPS) is 19.8. The molecule has 3 aromatic carbocycles. The van der Waals surface area contributed by atoms with Gasteiger partial charge in [0.2, 0.25) is 0 Å². The summed E-state index contributed by atoms with van der Waals surface area (Å²) in [6.07, 6.45) is 6.20. The summed E-state index contributed by atoms with van der Waals surface area (Å²) < 4.78 is 6.04. The minimum Gasteiger partial charge on any atom is -0.490 e. The standard InChI is InChI=1S/C30H28ClNO2/c1-2-22-8-3-4-10-27(22)29-30(33,17-6-18-34-29)24-9-5-7-21(19-24)11-15-26-16-13-23-12-14-25(31)20-28(23)32-26/h3-10,12-14,16,18-20,29,33H,2,11,15,17H2,1H3. The molecule has 1 N–H and O–H groups in total. The van der Waals surface area contributed by atoms with Gasteiger partial charge in [0.25, 0.3) is 0 Å². The van der Waals surface area contributed by atoms with E-state index < -0.39 is 11.7 Å². The molecule has 2 atom stereocenters. The number of nitrogens with zero attached hydrogens (tertiary/aromatic N) is 1. The number of rotatable bonds is 6. The van der Waals surface area contributed by atoms with Crippen molar-refractivity contribution in [2.75, 3.05) is 0 Å². The number of aryl methyl sites for hydroxylation is 3. The third-order valence-electron chi connectivity index (χ3n) is 6.70. The van der Waals surface area contributed by atoms with Crippen molar-refractivity contribution in [2.45, 2.75) is 44.3 Å². The van der Waals surface area contributed by atoms with Crippen LogP contribution in [0.15, 0.2) is 91.2 Å². The van der Waals surface area contributed by atoms with Gasteiger partial charge in [0.05, 0.1) is 11.8 Å². The number of halogens is 1. The number of aromatic nitrogens is 1. The van der Waals surface area contributed by atoms with E-state index in [1.165, 1.54) is 5.56 Å². The lowest BCUT2D eigenvalue weighted by Gasteiger charge is -2.39. The molecule has 172 valence electrons. The van der Waals surface area contributed by atoms with Crippen LogP contribution in [0.5, 0.6) is 0 Å². The maximum absolute atomic E-state index is 11.9. The highest BCUT2D eigenvalue weighted by atomic mass is 35.5. The van der Waals surface area contributed by atoms with Crippen molar-refractivity contribution in [3.8, 4) is 0 Å². The minimum atomic E-state index is -1.13. The number of ether oxygens (including phenoxy) is 1. The van der Waals surface area contributed by atoms with E-state index in [4.69, 9.17) is 21.3 Å². The highest BCUT2D eigenvalue weighted by Gasteiger charge is 2.42. The summed E-state index contributed by atoms with van der Waals surface area (Å²) in [7, 11) is 0. The van der Waals surface area contributed by atoms with Gasteiger partial charge in [0.1, 0.15) is 5.60 Å². The van der Waals surface area contributed by atoms with Crippen LogP contribution in [0, 0.1) is 0 Å². The Hall–Kier alpha value is -3.14. The second-order valence-electron chi connectivity index (χ2n) is 8.91. The van der Waals surface area contributed by atoms with Crippen LogP contribution in [0.1, 0.15) is 47.4 Å². The first kappa shape index (κ1) is 22.6. The molecular formula is C30H28ClNO2. The van der Waals surface area contributed by atoms with Crippen LogP contribution in [0.4, 0.5) is 0 Å². The summed E-state index contributed by atoms with van der Waals surface area (Å²) in [6, 6.07) is 26.4. The Morgan fingerprint density at radius 3 is 2.74 bits per heavy atom. The van der Waals surface area contributed by atoms with E-state index >= 15 is 0 Å². The molecule has 34 heavy (non-hydrogen) atoms. The molecule has 0 fully saturated rings. The zero-order valence-corrected chi connectivity index (χ0v) is 20.0. The zero-order chi connectivity index (χ0) is 23.5. The van der Waals surface area contributed by atoms with Gasteiger partial charge in [-0.2, -0.15) is 0 Å². The highest BCUT2D eigenvalue weighted by molar-refractivity contribution is 6.31. The van der Waals surface area contributed by atoms with E-state index in [9.17, 15) is 5.11 Å². The van der Waals surface area contributed by atoms with Gasteiger partial charge in [-0.15, -0.1) is 0 Å². The fourth-order valence-corrected chi connectivity index (χ4v) is 5.00. The predicted octanol–water partition coefficient (Wildman–Crippen LogP) is 7.10. The molecule has 1 aliphatic heterocycles. The molecule has 2 heterocycles. The molecular weight excluding hydrogens is 442 g/mol. The summed E-state index contributed by atoms with van der Waals surface area (Å²) >= 11 is 6.14. The van der Waals surface area contributed by atoms with Gasteiger partial charge in [-0.3, -0.25) is 4.98 Å². The topological polar surface area (TPSA) is 42.4 Å². The fraction of sp³-hybridized carbons (Fsp3) is 0.233. The number of hydrogen-bond acceptors (Lipinski definition) is 3. The number of hydrogen-bond donors (Lipinski definition) is 1. The smallest absolute Gasteiger partial charge is 0.156 e. The lowest BCUT2D eigenvalue weighted by molar-refractivity contribution is -0.0979. The first-order valence-electron chi connectivity index (χ1n) is 11.8.